The van der Waals surface area contributed by atoms with E-state index in [-0.39, 0.29) is 5.91 Å². The lowest BCUT2D eigenvalue weighted by atomic mass is 10.1. The summed E-state index contributed by atoms with van der Waals surface area (Å²) in [4.78, 5) is 18.8. The molecule has 1 fully saturated rings. The molecule has 0 saturated carbocycles. The topological polar surface area (TPSA) is 45.3 Å². The summed E-state index contributed by atoms with van der Waals surface area (Å²) in [5.41, 5.74) is 1.13. The third kappa shape index (κ3) is 4.61. The monoisotopic (exact) mass is 381 g/mol. The summed E-state index contributed by atoms with van der Waals surface area (Å²) < 4.78 is 11.2. The van der Waals surface area contributed by atoms with E-state index in [9.17, 15) is 4.79 Å². The van der Waals surface area contributed by atoms with Crippen LogP contribution in [0.4, 0.5) is 0 Å². The van der Waals surface area contributed by atoms with E-state index in [1.165, 1.54) is 0 Å². The number of amides is 1. The van der Waals surface area contributed by atoms with Gasteiger partial charge in [-0.25, -0.2) is 0 Å². The molecule has 1 aromatic carbocycles. The summed E-state index contributed by atoms with van der Waals surface area (Å²) >= 11 is 6.33. The average Bonchev–Trinajstić information content (AvgIpc) is 2.64. The van der Waals surface area contributed by atoms with E-state index < -0.39 is 0 Å². The molecule has 0 unspecified atom stereocenters. The third-order valence-electron chi connectivity index (χ3n) is 5.00. The molecule has 1 aromatic rings. The van der Waals surface area contributed by atoms with Crippen molar-refractivity contribution in [1.29, 1.82) is 0 Å². The predicted molar refractivity (Wildman–Crippen MR) is 102 cm³/mol. The molecule has 0 radical (unpaired) electrons. The Kier molecular flexibility index (Phi) is 6.62. The number of fused-ring (bicyclic) bond motifs is 1. The number of hydrogen-bond donors (Lipinski definition) is 0. The fourth-order valence-corrected chi connectivity index (χ4v) is 3.77. The van der Waals surface area contributed by atoms with Crippen LogP contribution < -0.4 is 9.47 Å². The number of likely N-dealkylation sites (N-methyl/N-ethyl adjacent to an activating group) is 1. The van der Waals surface area contributed by atoms with Crippen molar-refractivity contribution in [1.82, 2.24) is 14.7 Å². The minimum absolute atomic E-state index is 0.224. The van der Waals surface area contributed by atoms with Crippen LogP contribution in [0.3, 0.4) is 0 Å². The van der Waals surface area contributed by atoms with Crippen molar-refractivity contribution in [3.05, 3.63) is 22.7 Å². The molecule has 7 heteroatoms. The number of piperazine rings is 1. The van der Waals surface area contributed by atoms with E-state index >= 15 is 0 Å². The van der Waals surface area contributed by atoms with Crippen molar-refractivity contribution in [3.8, 4) is 11.5 Å². The molecule has 0 atom stereocenters. The third-order valence-corrected chi connectivity index (χ3v) is 5.28. The molecular formula is C19H28ClN3O3. The molecule has 144 valence electrons. The second-order valence-electron chi connectivity index (χ2n) is 6.72. The van der Waals surface area contributed by atoms with Crippen molar-refractivity contribution >= 4 is 17.5 Å². The van der Waals surface area contributed by atoms with Gasteiger partial charge in [0.1, 0.15) is 13.2 Å². The van der Waals surface area contributed by atoms with Gasteiger partial charge < -0.3 is 14.4 Å². The Morgan fingerprint density at radius 1 is 1.08 bits per heavy atom. The lowest BCUT2D eigenvalue weighted by molar-refractivity contribution is -0.132. The van der Waals surface area contributed by atoms with E-state index in [0.717, 1.165) is 57.1 Å². The normalized spacial score (nSPS) is 18.0. The molecule has 0 N–H and O–H groups in total. The van der Waals surface area contributed by atoms with Crippen LogP contribution in [0.2, 0.25) is 5.02 Å². The summed E-state index contributed by atoms with van der Waals surface area (Å²) in [6.45, 7) is 11.8. The fourth-order valence-electron chi connectivity index (χ4n) is 3.49. The molecule has 1 amide bonds. The van der Waals surface area contributed by atoms with Gasteiger partial charge in [-0.05, 0) is 31.5 Å². The van der Waals surface area contributed by atoms with Gasteiger partial charge in [0.05, 0.1) is 11.6 Å². The summed E-state index contributed by atoms with van der Waals surface area (Å²) in [6.07, 6.45) is 0. The number of ether oxygens (including phenoxy) is 2. The molecule has 2 aliphatic heterocycles. The van der Waals surface area contributed by atoms with Crippen LogP contribution in [-0.4, -0.2) is 79.6 Å². The van der Waals surface area contributed by atoms with Crippen LogP contribution in [0.25, 0.3) is 0 Å². The maximum Gasteiger partial charge on any atom is 0.236 e. The Morgan fingerprint density at radius 3 is 2.42 bits per heavy atom. The molecule has 0 aromatic heterocycles. The molecular weight excluding hydrogens is 354 g/mol. The quantitative estimate of drug-likeness (QED) is 0.755. The van der Waals surface area contributed by atoms with Gasteiger partial charge >= 0.3 is 0 Å². The molecule has 6 nitrogen and oxygen atoms in total. The van der Waals surface area contributed by atoms with Crippen LogP contribution in [0.1, 0.15) is 19.4 Å². The first-order valence-corrected chi connectivity index (χ1v) is 9.79. The first-order valence-electron chi connectivity index (χ1n) is 9.41. The van der Waals surface area contributed by atoms with Crippen LogP contribution in [0.15, 0.2) is 12.1 Å². The lowest BCUT2D eigenvalue weighted by Gasteiger charge is -2.35. The summed E-state index contributed by atoms with van der Waals surface area (Å²) in [5, 5.41) is 0.612. The number of carbonyl (C=O) groups excluding carboxylic acids is 1. The number of benzene rings is 1. The number of rotatable bonds is 6. The maximum atomic E-state index is 12.3. The molecule has 3 rings (SSSR count). The number of halogens is 1. The zero-order chi connectivity index (χ0) is 18.5. The van der Waals surface area contributed by atoms with Gasteiger partial charge in [-0.15, -0.1) is 0 Å². The van der Waals surface area contributed by atoms with Gasteiger partial charge in [-0.1, -0.05) is 11.6 Å². The van der Waals surface area contributed by atoms with Crippen LogP contribution in [0.5, 0.6) is 11.5 Å². The molecule has 1 saturated heterocycles. The first-order chi connectivity index (χ1) is 12.6. The van der Waals surface area contributed by atoms with Gasteiger partial charge in [0.25, 0.3) is 0 Å². The highest BCUT2D eigenvalue weighted by Crippen LogP contribution is 2.38. The molecule has 2 aliphatic rings. The van der Waals surface area contributed by atoms with Crippen LogP contribution in [0, 0.1) is 0 Å². The number of hydrogen-bond acceptors (Lipinski definition) is 5. The Balaban J connectivity index is 1.51. The smallest absolute Gasteiger partial charge is 0.236 e. The number of nitrogens with zero attached hydrogens (tertiary/aromatic N) is 3. The van der Waals surface area contributed by atoms with Gasteiger partial charge in [0.15, 0.2) is 11.5 Å². The van der Waals surface area contributed by atoms with Gasteiger partial charge in [-0.3, -0.25) is 14.6 Å². The summed E-state index contributed by atoms with van der Waals surface area (Å²) in [7, 11) is 0. The zero-order valence-electron chi connectivity index (χ0n) is 15.7. The lowest BCUT2D eigenvalue weighted by Crippen LogP contribution is -2.49. The summed E-state index contributed by atoms with van der Waals surface area (Å²) in [6, 6.07) is 3.99. The highest BCUT2D eigenvalue weighted by atomic mass is 35.5. The summed E-state index contributed by atoms with van der Waals surface area (Å²) in [5.74, 6) is 1.62. The largest absolute Gasteiger partial charge is 0.486 e. The Hall–Kier alpha value is -1.50. The Morgan fingerprint density at radius 2 is 1.73 bits per heavy atom. The molecule has 0 spiro atoms. The van der Waals surface area contributed by atoms with Crippen LogP contribution in [-0.2, 0) is 11.3 Å². The first kappa shape index (κ1) is 19.3. The van der Waals surface area contributed by atoms with Crippen molar-refractivity contribution in [3.63, 3.8) is 0 Å². The molecule has 26 heavy (non-hydrogen) atoms. The van der Waals surface area contributed by atoms with Crippen molar-refractivity contribution in [2.24, 2.45) is 0 Å². The fraction of sp³-hybridized carbons (Fsp3) is 0.632. The average molecular weight is 382 g/mol. The molecule has 0 aliphatic carbocycles. The number of carbonyl (C=O) groups is 1. The van der Waals surface area contributed by atoms with Gasteiger partial charge in [-0.2, -0.15) is 0 Å². The van der Waals surface area contributed by atoms with E-state index in [4.69, 9.17) is 21.1 Å². The van der Waals surface area contributed by atoms with Crippen molar-refractivity contribution in [2.45, 2.75) is 20.4 Å². The minimum atomic E-state index is 0.224. The molecule has 0 bridgehead atoms. The Labute approximate surface area is 160 Å². The van der Waals surface area contributed by atoms with Crippen LogP contribution >= 0.6 is 11.6 Å². The highest BCUT2D eigenvalue weighted by Gasteiger charge is 2.22. The SMILES string of the molecule is CCN(CC)C(=O)CN1CCN(Cc2cc(Cl)c3c(c2)OCCO3)CC1. The highest BCUT2D eigenvalue weighted by molar-refractivity contribution is 6.32. The van der Waals surface area contributed by atoms with Crippen molar-refractivity contribution < 1.29 is 14.3 Å². The van der Waals surface area contributed by atoms with E-state index in [2.05, 4.69) is 9.80 Å². The van der Waals surface area contributed by atoms with Gasteiger partial charge in [0, 0.05) is 45.8 Å². The van der Waals surface area contributed by atoms with E-state index in [0.29, 0.717) is 30.5 Å². The molecule has 2 heterocycles. The standard InChI is InChI=1S/C19H28ClN3O3/c1-3-23(4-2)18(24)14-22-7-5-21(6-8-22)13-15-11-16(20)19-17(12-15)25-9-10-26-19/h11-12H,3-10,13-14H2,1-2H3. The van der Waals surface area contributed by atoms with E-state index in [1.54, 1.807) is 0 Å². The predicted octanol–water partition coefficient (Wildman–Crippen LogP) is 2.10. The second-order valence-corrected chi connectivity index (χ2v) is 7.13. The van der Waals surface area contributed by atoms with Crippen molar-refractivity contribution in [2.75, 3.05) is 59.0 Å². The minimum Gasteiger partial charge on any atom is -0.486 e. The van der Waals surface area contributed by atoms with E-state index in [1.807, 2.05) is 30.9 Å². The second kappa shape index (κ2) is 8.93. The van der Waals surface area contributed by atoms with Gasteiger partial charge in [0.2, 0.25) is 5.91 Å². The maximum absolute atomic E-state index is 12.3. The zero-order valence-corrected chi connectivity index (χ0v) is 16.4. The Bertz CT molecular complexity index is 629.